The van der Waals surface area contributed by atoms with Crippen molar-refractivity contribution in [3.63, 3.8) is 0 Å². The molecule has 1 aliphatic rings. The number of carbonyl (C=O) groups is 2. The third-order valence-corrected chi connectivity index (χ3v) is 6.30. The van der Waals surface area contributed by atoms with E-state index in [2.05, 4.69) is 26.3 Å². The number of aromatic nitrogens is 2. The molecule has 1 N–H and O–H groups in total. The molecule has 1 atom stereocenters. The molecule has 0 fully saturated rings. The smallest absolute Gasteiger partial charge is 0.341 e. The Morgan fingerprint density at radius 2 is 2.19 bits per heavy atom. The van der Waals surface area contributed by atoms with E-state index in [1.165, 1.54) is 16.2 Å². The van der Waals surface area contributed by atoms with Crippen LogP contribution in [0.3, 0.4) is 0 Å². The molecule has 0 aliphatic heterocycles. The Kier molecular flexibility index (Phi) is 6.70. The van der Waals surface area contributed by atoms with Gasteiger partial charge in [0, 0.05) is 24.0 Å². The van der Waals surface area contributed by atoms with Crippen molar-refractivity contribution in [3.05, 3.63) is 32.9 Å². The van der Waals surface area contributed by atoms with Gasteiger partial charge in [0.25, 0.3) is 0 Å². The summed E-state index contributed by atoms with van der Waals surface area (Å²) in [5.74, 6) is -0.451. The van der Waals surface area contributed by atoms with Crippen LogP contribution in [0.5, 0.6) is 0 Å². The van der Waals surface area contributed by atoms with Crippen LogP contribution in [0.1, 0.15) is 60.3 Å². The molecule has 27 heavy (non-hydrogen) atoms. The minimum atomic E-state index is -0.324. The molecule has 1 amide bonds. The number of anilines is 1. The fourth-order valence-corrected chi connectivity index (χ4v) is 4.68. The van der Waals surface area contributed by atoms with Crippen molar-refractivity contribution in [1.29, 1.82) is 0 Å². The van der Waals surface area contributed by atoms with Gasteiger partial charge in [-0.1, -0.05) is 6.92 Å². The monoisotopic (exact) mass is 453 g/mol. The quantitative estimate of drug-likeness (QED) is 0.622. The van der Waals surface area contributed by atoms with Crippen LogP contribution in [0, 0.1) is 0 Å². The highest BCUT2D eigenvalue weighted by Gasteiger charge is 2.28. The number of hydrogen-bond donors (Lipinski definition) is 1. The van der Waals surface area contributed by atoms with Crippen LogP contribution < -0.4 is 5.32 Å². The number of esters is 1. The molecule has 0 saturated carbocycles. The highest BCUT2D eigenvalue weighted by atomic mass is 79.9. The van der Waals surface area contributed by atoms with Crippen LogP contribution in [0.25, 0.3) is 0 Å². The van der Waals surface area contributed by atoms with Gasteiger partial charge in [0.15, 0.2) is 0 Å². The summed E-state index contributed by atoms with van der Waals surface area (Å²) in [4.78, 5) is 26.4. The van der Waals surface area contributed by atoms with Gasteiger partial charge >= 0.3 is 5.97 Å². The molecule has 2 aromatic rings. The number of hydrogen-bond acceptors (Lipinski definition) is 5. The maximum atomic E-state index is 12.7. The van der Waals surface area contributed by atoms with Crippen molar-refractivity contribution in [2.24, 2.45) is 0 Å². The Hall–Kier alpha value is -1.67. The first-order chi connectivity index (χ1) is 13.0. The topological polar surface area (TPSA) is 73.2 Å². The number of aryl methyl sites for hydroxylation is 2. The number of fused-ring (bicyclic) bond motifs is 1. The minimum Gasteiger partial charge on any atom is -0.459 e. The molecular formula is C19H24BrN3O3S. The van der Waals surface area contributed by atoms with E-state index >= 15 is 0 Å². The van der Waals surface area contributed by atoms with Gasteiger partial charge in [-0.25, -0.2) is 4.79 Å². The molecule has 0 radical (unpaired) electrons. The predicted molar refractivity (Wildman–Crippen MR) is 109 cm³/mol. The van der Waals surface area contributed by atoms with E-state index in [-0.39, 0.29) is 24.4 Å². The van der Waals surface area contributed by atoms with Crippen molar-refractivity contribution < 1.29 is 14.3 Å². The zero-order valence-electron chi connectivity index (χ0n) is 15.6. The fraction of sp³-hybridized carbons (Fsp3) is 0.526. The van der Waals surface area contributed by atoms with Gasteiger partial charge in [-0.05, 0) is 60.5 Å². The van der Waals surface area contributed by atoms with Crippen LogP contribution in [0.4, 0.5) is 5.00 Å². The van der Waals surface area contributed by atoms with Crippen molar-refractivity contribution in [3.8, 4) is 0 Å². The summed E-state index contributed by atoms with van der Waals surface area (Å²) in [5.41, 5.74) is 1.62. The lowest BCUT2D eigenvalue weighted by atomic mass is 9.95. The highest BCUT2D eigenvalue weighted by molar-refractivity contribution is 9.10. The molecule has 1 aliphatic carbocycles. The maximum absolute atomic E-state index is 12.7. The normalized spacial score (nSPS) is 14.5. The second kappa shape index (κ2) is 9.01. The number of rotatable bonds is 7. The molecule has 6 nitrogen and oxygen atoms in total. The van der Waals surface area contributed by atoms with Gasteiger partial charge in [0.1, 0.15) is 5.00 Å². The zero-order chi connectivity index (χ0) is 19.4. The zero-order valence-corrected chi connectivity index (χ0v) is 18.0. The number of thiophene rings is 1. The molecule has 1 unspecified atom stereocenters. The Morgan fingerprint density at radius 3 is 2.89 bits per heavy atom. The summed E-state index contributed by atoms with van der Waals surface area (Å²) in [5, 5.41) is 7.72. The second-order valence-electron chi connectivity index (χ2n) is 6.76. The van der Waals surface area contributed by atoms with Crippen molar-refractivity contribution in [1.82, 2.24) is 9.78 Å². The van der Waals surface area contributed by atoms with Crippen LogP contribution in [0.15, 0.2) is 16.9 Å². The van der Waals surface area contributed by atoms with Gasteiger partial charge in [0.2, 0.25) is 5.91 Å². The summed E-state index contributed by atoms with van der Waals surface area (Å²) in [7, 11) is 0. The SMILES string of the molecule is CCC(C)OC(=O)c1c(NC(=O)CCn2cc(Br)cn2)sc2c1CCCC2. The minimum absolute atomic E-state index is 0.127. The van der Waals surface area contributed by atoms with E-state index in [9.17, 15) is 9.59 Å². The van der Waals surface area contributed by atoms with E-state index in [0.29, 0.717) is 17.1 Å². The third-order valence-electron chi connectivity index (χ3n) is 4.68. The number of halogens is 1. The van der Waals surface area contributed by atoms with Gasteiger partial charge in [-0.15, -0.1) is 11.3 Å². The van der Waals surface area contributed by atoms with Gasteiger partial charge in [-0.2, -0.15) is 5.10 Å². The average molecular weight is 454 g/mol. The fourth-order valence-electron chi connectivity index (χ4n) is 3.06. The van der Waals surface area contributed by atoms with E-state index in [1.807, 2.05) is 20.0 Å². The van der Waals surface area contributed by atoms with Crippen LogP contribution >= 0.6 is 27.3 Å². The Morgan fingerprint density at radius 1 is 1.41 bits per heavy atom. The molecule has 8 heteroatoms. The highest BCUT2D eigenvalue weighted by Crippen LogP contribution is 2.38. The largest absolute Gasteiger partial charge is 0.459 e. The Bertz CT molecular complexity index is 830. The van der Waals surface area contributed by atoms with Crippen molar-refractivity contribution in [2.45, 2.75) is 65.0 Å². The summed E-state index contributed by atoms with van der Waals surface area (Å²) in [6.07, 6.45) is 8.44. The number of nitrogens with zero attached hydrogens (tertiary/aromatic N) is 2. The summed E-state index contributed by atoms with van der Waals surface area (Å²) in [6, 6.07) is 0. The summed E-state index contributed by atoms with van der Waals surface area (Å²) < 4.78 is 8.15. The first-order valence-electron chi connectivity index (χ1n) is 9.31. The second-order valence-corrected chi connectivity index (χ2v) is 8.78. The molecule has 2 aromatic heterocycles. The lowest BCUT2D eigenvalue weighted by Crippen LogP contribution is -2.19. The summed E-state index contributed by atoms with van der Waals surface area (Å²) >= 11 is 4.86. The van der Waals surface area contributed by atoms with Gasteiger partial charge in [0.05, 0.1) is 22.3 Å². The molecule has 3 rings (SSSR count). The molecule has 0 saturated heterocycles. The van der Waals surface area contributed by atoms with E-state index in [1.54, 1.807) is 10.9 Å². The lowest BCUT2D eigenvalue weighted by Gasteiger charge is -2.15. The van der Waals surface area contributed by atoms with Crippen molar-refractivity contribution >= 4 is 44.1 Å². The van der Waals surface area contributed by atoms with Crippen LogP contribution in [-0.2, 0) is 28.9 Å². The average Bonchev–Trinajstić information content (AvgIpc) is 3.22. The number of amides is 1. The predicted octanol–water partition coefficient (Wildman–Crippen LogP) is 4.57. The Labute approximate surface area is 171 Å². The van der Waals surface area contributed by atoms with E-state index in [4.69, 9.17) is 4.74 Å². The van der Waals surface area contributed by atoms with Crippen molar-refractivity contribution in [2.75, 3.05) is 5.32 Å². The maximum Gasteiger partial charge on any atom is 0.341 e. The van der Waals surface area contributed by atoms with Crippen LogP contribution in [-0.4, -0.2) is 27.8 Å². The summed E-state index contributed by atoms with van der Waals surface area (Å²) in [6.45, 7) is 4.35. The number of carbonyl (C=O) groups excluding carboxylic acids is 2. The molecule has 2 heterocycles. The van der Waals surface area contributed by atoms with Gasteiger partial charge in [-0.3, -0.25) is 9.48 Å². The van der Waals surface area contributed by atoms with E-state index < -0.39 is 0 Å². The molecule has 0 bridgehead atoms. The standard InChI is InChI=1S/C19H24BrN3O3S/c1-3-12(2)26-19(25)17-14-6-4-5-7-15(14)27-18(17)22-16(24)8-9-23-11-13(20)10-21-23/h10-12H,3-9H2,1-2H3,(H,22,24). The van der Waals surface area contributed by atoms with Gasteiger partial charge < -0.3 is 10.1 Å². The first kappa shape index (κ1) is 20.1. The molecule has 0 spiro atoms. The Balaban J connectivity index is 1.74. The number of nitrogens with one attached hydrogen (secondary N) is 1. The number of ether oxygens (including phenoxy) is 1. The molecular weight excluding hydrogens is 430 g/mol. The lowest BCUT2D eigenvalue weighted by molar-refractivity contribution is -0.116. The first-order valence-corrected chi connectivity index (χ1v) is 10.9. The van der Waals surface area contributed by atoms with E-state index in [0.717, 1.165) is 42.1 Å². The molecule has 146 valence electrons. The van der Waals surface area contributed by atoms with Crippen LogP contribution in [0.2, 0.25) is 0 Å². The molecule has 0 aromatic carbocycles. The third kappa shape index (κ3) is 4.99.